The van der Waals surface area contributed by atoms with Crippen molar-refractivity contribution >= 4 is 5.91 Å². The number of carbonyl (C=O) groups excluding carboxylic acids is 1. The third-order valence-corrected chi connectivity index (χ3v) is 3.42. The Labute approximate surface area is 129 Å². The minimum atomic E-state index is -0.197. The van der Waals surface area contributed by atoms with Gasteiger partial charge >= 0.3 is 0 Å². The summed E-state index contributed by atoms with van der Waals surface area (Å²) in [7, 11) is 3.26. The molecular formula is C17H20N2O3. The molecule has 1 heterocycles. The number of rotatable bonds is 6. The van der Waals surface area contributed by atoms with Gasteiger partial charge in [-0.3, -0.25) is 9.59 Å². The molecule has 1 amide bonds. The Kier molecular flexibility index (Phi) is 5.49. The molecule has 0 saturated heterocycles. The second-order valence-electron chi connectivity index (χ2n) is 5.07. The highest BCUT2D eigenvalue weighted by Gasteiger charge is 2.16. The van der Waals surface area contributed by atoms with E-state index in [-0.39, 0.29) is 11.5 Å². The van der Waals surface area contributed by atoms with Gasteiger partial charge < -0.3 is 14.2 Å². The molecule has 5 heteroatoms. The van der Waals surface area contributed by atoms with E-state index in [1.165, 1.54) is 10.6 Å². The van der Waals surface area contributed by atoms with Gasteiger partial charge in [0.05, 0.1) is 6.61 Å². The highest BCUT2D eigenvalue weighted by Crippen LogP contribution is 2.09. The van der Waals surface area contributed by atoms with Crippen LogP contribution in [-0.2, 0) is 18.3 Å². The smallest absolute Gasteiger partial charge is 0.254 e. The number of pyridine rings is 1. The molecule has 0 aliphatic carbocycles. The molecular weight excluding hydrogens is 280 g/mol. The van der Waals surface area contributed by atoms with Crippen LogP contribution in [0.2, 0.25) is 0 Å². The van der Waals surface area contributed by atoms with E-state index in [2.05, 4.69) is 0 Å². The van der Waals surface area contributed by atoms with Crippen molar-refractivity contribution in [3.05, 3.63) is 70.1 Å². The molecule has 0 saturated carbocycles. The van der Waals surface area contributed by atoms with Gasteiger partial charge in [-0.2, -0.15) is 0 Å². The molecule has 116 valence electrons. The van der Waals surface area contributed by atoms with Crippen LogP contribution in [-0.4, -0.2) is 35.6 Å². The molecule has 2 rings (SSSR count). The first-order valence-corrected chi connectivity index (χ1v) is 7.10. The topological polar surface area (TPSA) is 51.5 Å². The molecule has 0 atom stereocenters. The van der Waals surface area contributed by atoms with Crippen molar-refractivity contribution in [2.24, 2.45) is 7.05 Å². The number of aryl methyl sites for hydroxylation is 1. The minimum absolute atomic E-state index is 0.168. The molecule has 2 aromatic rings. The fraction of sp³-hybridized carbons (Fsp3) is 0.294. The van der Waals surface area contributed by atoms with Crippen molar-refractivity contribution in [3.63, 3.8) is 0 Å². The molecule has 0 aliphatic rings. The van der Waals surface area contributed by atoms with E-state index in [9.17, 15) is 9.59 Å². The van der Waals surface area contributed by atoms with Gasteiger partial charge in [0, 0.05) is 45.1 Å². The van der Waals surface area contributed by atoms with Crippen molar-refractivity contribution in [2.45, 2.75) is 6.54 Å². The maximum absolute atomic E-state index is 12.6. The maximum Gasteiger partial charge on any atom is 0.254 e. The zero-order valence-electron chi connectivity index (χ0n) is 12.9. The van der Waals surface area contributed by atoms with Gasteiger partial charge in [0.15, 0.2) is 0 Å². The van der Waals surface area contributed by atoms with Crippen LogP contribution >= 0.6 is 0 Å². The largest absolute Gasteiger partial charge is 0.383 e. The summed E-state index contributed by atoms with van der Waals surface area (Å²) in [6.45, 7) is 1.40. The van der Waals surface area contributed by atoms with Crippen LogP contribution in [0.3, 0.4) is 0 Å². The highest BCUT2D eigenvalue weighted by atomic mass is 16.5. The lowest BCUT2D eigenvalue weighted by molar-refractivity contribution is 0.0680. The van der Waals surface area contributed by atoms with E-state index < -0.39 is 0 Å². The first kappa shape index (κ1) is 16.0. The van der Waals surface area contributed by atoms with Crippen molar-refractivity contribution in [1.29, 1.82) is 0 Å². The number of benzene rings is 1. The molecule has 1 aromatic carbocycles. The molecule has 0 aliphatic heterocycles. The summed E-state index contributed by atoms with van der Waals surface area (Å²) >= 11 is 0. The van der Waals surface area contributed by atoms with E-state index in [0.29, 0.717) is 25.3 Å². The number of ether oxygens (including phenoxy) is 1. The molecule has 22 heavy (non-hydrogen) atoms. The van der Waals surface area contributed by atoms with E-state index >= 15 is 0 Å². The fourth-order valence-corrected chi connectivity index (χ4v) is 2.12. The zero-order chi connectivity index (χ0) is 15.9. The minimum Gasteiger partial charge on any atom is -0.383 e. The molecule has 0 radical (unpaired) electrons. The summed E-state index contributed by atoms with van der Waals surface area (Å²) in [5.74, 6) is -0.168. The van der Waals surface area contributed by atoms with Gasteiger partial charge in [0.25, 0.3) is 11.5 Å². The molecule has 5 nitrogen and oxygen atoms in total. The second kappa shape index (κ2) is 7.56. The van der Waals surface area contributed by atoms with Crippen LogP contribution in [0.5, 0.6) is 0 Å². The second-order valence-corrected chi connectivity index (χ2v) is 5.07. The number of carbonyl (C=O) groups is 1. The van der Waals surface area contributed by atoms with Crippen molar-refractivity contribution in [2.75, 3.05) is 20.3 Å². The molecule has 0 unspecified atom stereocenters. The van der Waals surface area contributed by atoms with Crippen LogP contribution in [0.25, 0.3) is 0 Å². The maximum atomic E-state index is 12.6. The van der Waals surface area contributed by atoms with E-state index in [4.69, 9.17) is 4.74 Å². The first-order chi connectivity index (χ1) is 10.6. The third-order valence-electron chi connectivity index (χ3n) is 3.42. The summed E-state index contributed by atoms with van der Waals surface area (Å²) < 4.78 is 6.52. The SMILES string of the molecule is COCCN(Cc1ccccc1)C(=O)c1ccn(C)c(=O)c1. The molecule has 1 aromatic heterocycles. The van der Waals surface area contributed by atoms with Crippen molar-refractivity contribution < 1.29 is 9.53 Å². The highest BCUT2D eigenvalue weighted by molar-refractivity contribution is 5.94. The Morgan fingerprint density at radius 2 is 1.95 bits per heavy atom. The van der Waals surface area contributed by atoms with Gasteiger partial charge in [0.1, 0.15) is 0 Å². The lowest BCUT2D eigenvalue weighted by atomic mass is 10.2. The van der Waals surface area contributed by atoms with E-state index in [1.54, 1.807) is 31.3 Å². The summed E-state index contributed by atoms with van der Waals surface area (Å²) in [6.07, 6.45) is 1.60. The Morgan fingerprint density at radius 3 is 2.59 bits per heavy atom. The van der Waals surface area contributed by atoms with Gasteiger partial charge in [-0.05, 0) is 11.6 Å². The Bertz CT molecular complexity index is 680. The predicted octanol–water partition coefficient (Wildman–Crippen LogP) is 1.67. The lowest BCUT2D eigenvalue weighted by Crippen LogP contribution is -2.34. The van der Waals surface area contributed by atoms with Crippen LogP contribution < -0.4 is 5.56 Å². The van der Waals surface area contributed by atoms with Gasteiger partial charge in [-0.1, -0.05) is 30.3 Å². The number of aromatic nitrogens is 1. The number of hydrogen-bond acceptors (Lipinski definition) is 3. The van der Waals surface area contributed by atoms with Gasteiger partial charge in [0.2, 0.25) is 0 Å². The molecule has 0 bridgehead atoms. The Morgan fingerprint density at radius 1 is 1.23 bits per heavy atom. The Hall–Kier alpha value is -2.40. The fourth-order valence-electron chi connectivity index (χ4n) is 2.12. The summed E-state index contributed by atoms with van der Waals surface area (Å²) in [6, 6.07) is 12.8. The van der Waals surface area contributed by atoms with Crippen LogP contribution in [0, 0.1) is 0 Å². The Balaban J connectivity index is 2.21. The van der Waals surface area contributed by atoms with Crippen LogP contribution in [0.4, 0.5) is 0 Å². The third kappa shape index (κ3) is 4.05. The number of amides is 1. The standard InChI is InChI=1S/C17H20N2O3/c1-18-9-8-15(12-16(18)20)17(21)19(10-11-22-2)13-14-6-4-3-5-7-14/h3-9,12H,10-11,13H2,1-2H3. The predicted molar refractivity (Wildman–Crippen MR) is 84.7 cm³/mol. The van der Waals surface area contributed by atoms with Gasteiger partial charge in [-0.25, -0.2) is 0 Å². The average Bonchev–Trinajstić information content (AvgIpc) is 2.54. The van der Waals surface area contributed by atoms with Crippen LogP contribution in [0.1, 0.15) is 15.9 Å². The number of nitrogens with zero attached hydrogens (tertiary/aromatic N) is 2. The lowest BCUT2D eigenvalue weighted by Gasteiger charge is -2.22. The summed E-state index contributed by atoms with van der Waals surface area (Å²) in [5.41, 5.74) is 1.24. The van der Waals surface area contributed by atoms with Gasteiger partial charge in [-0.15, -0.1) is 0 Å². The average molecular weight is 300 g/mol. The van der Waals surface area contributed by atoms with E-state index in [0.717, 1.165) is 5.56 Å². The molecule has 0 fully saturated rings. The molecule has 0 N–H and O–H groups in total. The van der Waals surface area contributed by atoms with E-state index in [1.807, 2.05) is 30.3 Å². The summed E-state index contributed by atoms with van der Waals surface area (Å²) in [5, 5.41) is 0. The normalized spacial score (nSPS) is 10.5. The number of hydrogen-bond donors (Lipinski definition) is 0. The monoisotopic (exact) mass is 300 g/mol. The quantitative estimate of drug-likeness (QED) is 0.815. The first-order valence-electron chi connectivity index (χ1n) is 7.10. The zero-order valence-corrected chi connectivity index (χ0v) is 12.9. The summed E-state index contributed by atoms with van der Waals surface area (Å²) in [4.78, 5) is 26.0. The number of methoxy groups -OCH3 is 1. The van der Waals surface area contributed by atoms with Crippen molar-refractivity contribution in [1.82, 2.24) is 9.47 Å². The van der Waals surface area contributed by atoms with Crippen LogP contribution in [0.15, 0.2) is 53.5 Å². The van der Waals surface area contributed by atoms with Crippen molar-refractivity contribution in [3.8, 4) is 0 Å². The molecule has 0 spiro atoms.